The van der Waals surface area contributed by atoms with E-state index in [1.807, 2.05) is 39.0 Å². The lowest BCUT2D eigenvalue weighted by molar-refractivity contribution is -0.479. The standard InChI is InChI=1S/C12H14N2O3.C2H6/c1-8-10(5-6-14(15)16)11-7-9(17-2)3-4-12(11)13-8;1-2/h3-4,7,13H,5-6H2,1-2H3;1-2H3. The molecule has 0 atom stereocenters. The number of aromatic nitrogens is 1. The lowest BCUT2D eigenvalue weighted by atomic mass is 10.1. The zero-order valence-electron chi connectivity index (χ0n) is 11.8. The number of nitrogens with one attached hydrogen (secondary N) is 1. The lowest BCUT2D eigenvalue weighted by Crippen LogP contribution is -2.04. The predicted octanol–water partition coefficient (Wildman–Crippen LogP) is 3.33. The van der Waals surface area contributed by atoms with Crippen LogP contribution in [0, 0.1) is 17.0 Å². The molecular weight excluding hydrogens is 244 g/mol. The Hall–Kier alpha value is -2.04. The number of rotatable bonds is 4. The molecule has 0 radical (unpaired) electrons. The summed E-state index contributed by atoms with van der Waals surface area (Å²) in [5, 5.41) is 11.4. The van der Waals surface area contributed by atoms with E-state index >= 15 is 0 Å². The minimum Gasteiger partial charge on any atom is -0.497 e. The summed E-state index contributed by atoms with van der Waals surface area (Å²) in [5.41, 5.74) is 2.97. The Kier molecular flexibility index (Phi) is 5.36. The molecule has 19 heavy (non-hydrogen) atoms. The fourth-order valence-electron chi connectivity index (χ4n) is 2.01. The highest BCUT2D eigenvalue weighted by molar-refractivity contribution is 5.86. The number of methoxy groups -OCH3 is 1. The minimum absolute atomic E-state index is 0.0506. The van der Waals surface area contributed by atoms with Crippen LogP contribution in [0.1, 0.15) is 25.1 Å². The van der Waals surface area contributed by atoms with E-state index in [0.29, 0.717) is 6.42 Å². The smallest absolute Gasteiger partial charge is 0.207 e. The van der Waals surface area contributed by atoms with Crippen LogP contribution in [0.25, 0.3) is 10.9 Å². The van der Waals surface area contributed by atoms with Gasteiger partial charge in [0.15, 0.2) is 0 Å². The molecule has 0 aliphatic carbocycles. The summed E-state index contributed by atoms with van der Waals surface area (Å²) in [6.45, 7) is 5.88. The Bertz CT molecular complexity index is 561. The van der Waals surface area contributed by atoms with Crippen LogP contribution >= 0.6 is 0 Å². The van der Waals surface area contributed by atoms with E-state index in [1.54, 1.807) is 7.11 Å². The van der Waals surface area contributed by atoms with Crippen LogP contribution in [-0.2, 0) is 6.42 Å². The van der Waals surface area contributed by atoms with Gasteiger partial charge in [-0.1, -0.05) is 13.8 Å². The molecule has 5 heteroatoms. The van der Waals surface area contributed by atoms with Crippen LogP contribution < -0.4 is 4.74 Å². The number of nitro groups is 1. The molecule has 0 bridgehead atoms. The van der Waals surface area contributed by atoms with E-state index in [1.165, 1.54) is 0 Å². The number of fused-ring (bicyclic) bond motifs is 1. The maximum absolute atomic E-state index is 10.4. The molecule has 0 unspecified atom stereocenters. The van der Waals surface area contributed by atoms with Crippen molar-refractivity contribution in [1.29, 1.82) is 0 Å². The SMILES string of the molecule is CC.COc1ccc2[nH]c(C)c(CC[N+](=O)[O-])c2c1. The topological polar surface area (TPSA) is 68.2 Å². The highest BCUT2D eigenvalue weighted by Crippen LogP contribution is 2.26. The molecular formula is C14H20N2O3. The van der Waals surface area contributed by atoms with E-state index in [-0.39, 0.29) is 11.5 Å². The Balaban J connectivity index is 0.000000861. The molecule has 0 aliphatic heterocycles. The minimum atomic E-state index is -0.293. The highest BCUT2D eigenvalue weighted by atomic mass is 16.6. The maximum Gasteiger partial charge on any atom is 0.207 e. The Morgan fingerprint density at radius 3 is 2.63 bits per heavy atom. The van der Waals surface area contributed by atoms with Crippen LogP contribution in [-0.4, -0.2) is 23.6 Å². The maximum atomic E-state index is 10.4. The van der Waals surface area contributed by atoms with Crippen LogP contribution in [0.15, 0.2) is 18.2 Å². The monoisotopic (exact) mass is 264 g/mol. The Morgan fingerprint density at radius 1 is 1.37 bits per heavy atom. The predicted molar refractivity (Wildman–Crippen MR) is 76.5 cm³/mol. The number of H-pyrrole nitrogens is 1. The number of aromatic amines is 1. The van der Waals surface area contributed by atoms with Gasteiger partial charge in [0.1, 0.15) is 5.75 Å². The molecule has 5 nitrogen and oxygen atoms in total. The lowest BCUT2D eigenvalue weighted by Gasteiger charge is -2.01. The van der Waals surface area contributed by atoms with Crippen LogP contribution in [0.4, 0.5) is 0 Å². The molecule has 2 rings (SSSR count). The van der Waals surface area contributed by atoms with Crippen LogP contribution in [0.2, 0.25) is 0 Å². The van der Waals surface area contributed by atoms with E-state index < -0.39 is 0 Å². The Morgan fingerprint density at radius 2 is 2.05 bits per heavy atom. The molecule has 2 aromatic rings. The third-order valence-electron chi connectivity index (χ3n) is 2.87. The van der Waals surface area contributed by atoms with E-state index in [4.69, 9.17) is 4.74 Å². The summed E-state index contributed by atoms with van der Waals surface area (Å²) in [6.07, 6.45) is 0.437. The van der Waals surface area contributed by atoms with Gasteiger partial charge in [-0.3, -0.25) is 10.1 Å². The van der Waals surface area contributed by atoms with Gasteiger partial charge in [-0.15, -0.1) is 0 Å². The van der Waals surface area contributed by atoms with E-state index in [9.17, 15) is 10.1 Å². The molecule has 104 valence electrons. The van der Waals surface area contributed by atoms with E-state index in [2.05, 4.69) is 4.98 Å². The van der Waals surface area contributed by atoms with Crippen molar-refractivity contribution in [2.75, 3.05) is 13.7 Å². The number of nitrogens with zero attached hydrogens (tertiary/aromatic N) is 1. The second-order valence-corrected chi connectivity index (χ2v) is 3.95. The summed E-state index contributed by atoms with van der Waals surface area (Å²) in [6, 6.07) is 5.71. The first-order valence-corrected chi connectivity index (χ1v) is 6.39. The first-order valence-electron chi connectivity index (χ1n) is 6.39. The summed E-state index contributed by atoms with van der Waals surface area (Å²) < 4.78 is 5.16. The largest absolute Gasteiger partial charge is 0.497 e. The fourth-order valence-corrected chi connectivity index (χ4v) is 2.01. The molecule has 0 saturated carbocycles. The zero-order valence-corrected chi connectivity index (χ0v) is 11.8. The van der Waals surface area contributed by atoms with Gasteiger partial charge in [-0.05, 0) is 30.7 Å². The normalized spacial score (nSPS) is 9.89. The van der Waals surface area contributed by atoms with Gasteiger partial charge in [-0.25, -0.2) is 0 Å². The van der Waals surface area contributed by atoms with Gasteiger partial charge < -0.3 is 9.72 Å². The first kappa shape index (κ1) is 15.0. The van der Waals surface area contributed by atoms with Crippen molar-refractivity contribution in [1.82, 2.24) is 4.98 Å². The van der Waals surface area contributed by atoms with Crippen molar-refractivity contribution < 1.29 is 9.66 Å². The third-order valence-corrected chi connectivity index (χ3v) is 2.87. The summed E-state index contributed by atoms with van der Waals surface area (Å²) >= 11 is 0. The average molecular weight is 264 g/mol. The molecule has 0 amide bonds. The molecule has 0 spiro atoms. The second-order valence-electron chi connectivity index (χ2n) is 3.95. The van der Waals surface area contributed by atoms with Crippen LogP contribution in [0.5, 0.6) is 5.75 Å². The second kappa shape index (κ2) is 6.78. The van der Waals surface area contributed by atoms with Crippen molar-refractivity contribution in [2.24, 2.45) is 0 Å². The van der Waals surface area contributed by atoms with Crippen molar-refractivity contribution >= 4 is 10.9 Å². The van der Waals surface area contributed by atoms with Gasteiger partial charge in [0.2, 0.25) is 6.54 Å². The Labute approximate surface area is 112 Å². The summed E-state index contributed by atoms with van der Waals surface area (Å²) in [4.78, 5) is 13.4. The fraction of sp³-hybridized carbons (Fsp3) is 0.429. The summed E-state index contributed by atoms with van der Waals surface area (Å²) in [5.74, 6) is 0.763. The number of ether oxygens (including phenoxy) is 1. The van der Waals surface area contributed by atoms with Gasteiger partial charge in [0.25, 0.3) is 0 Å². The van der Waals surface area contributed by atoms with E-state index in [0.717, 1.165) is 27.9 Å². The molecule has 1 heterocycles. The van der Waals surface area contributed by atoms with Crippen LogP contribution in [0.3, 0.4) is 0 Å². The third kappa shape index (κ3) is 3.47. The number of hydrogen-bond acceptors (Lipinski definition) is 3. The molecule has 1 N–H and O–H groups in total. The van der Waals surface area contributed by atoms with Gasteiger partial charge >= 0.3 is 0 Å². The van der Waals surface area contributed by atoms with Crippen molar-refractivity contribution in [3.05, 3.63) is 39.6 Å². The molecule has 0 saturated heterocycles. The number of benzene rings is 1. The van der Waals surface area contributed by atoms with Crippen molar-refractivity contribution in [2.45, 2.75) is 27.2 Å². The molecule has 1 aromatic carbocycles. The number of hydrogen-bond donors (Lipinski definition) is 1. The van der Waals surface area contributed by atoms with Gasteiger partial charge in [-0.2, -0.15) is 0 Å². The van der Waals surface area contributed by atoms with Crippen molar-refractivity contribution in [3.63, 3.8) is 0 Å². The first-order chi connectivity index (χ1) is 9.11. The summed E-state index contributed by atoms with van der Waals surface area (Å²) in [7, 11) is 1.61. The molecule has 0 aliphatic rings. The molecule has 1 aromatic heterocycles. The molecule has 0 fully saturated rings. The van der Waals surface area contributed by atoms with Gasteiger partial charge in [0, 0.05) is 27.9 Å². The number of aryl methyl sites for hydroxylation is 1. The average Bonchev–Trinajstić information content (AvgIpc) is 2.73. The van der Waals surface area contributed by atoms with Gasteiger partial charge in [0.05, 0.1) is 7.11 Å². The van der Waals surface area contributed by atoms with Crippen molar-refractivity contribution in [3.8, 4) is 5.75 Å². The quantitative estimate of drug-likeness (QED) is 0.680. The zero-order chi connectivity index (χ0) is 14.4. The highest BCUT2D eigenvalue weighted by Gasteiger charge is 2.11.